The summed E-state index contributed by atoms with van der Waals surface area (Å²) in [5.74, 6) is 0. The lowest BCUT2D eigenvalue weighted by atomic mass is 10.3. The Labute approximate surface area is 134 Å². The van der Waals surface area contributed by atoms with Gasteiger partial charge in [0.2, 0.25) is 10.0 Å². The van der Waals surface area contributed by atoms with Gasteiger partial charge in [-0.15, -0.1) is 12.4 Å². The minimum atomic E-state index is -3.55. The number of nitrogens with two attached hydrogens (primary N) is 1. The second-order valence-electron chi connectivity index (χ2n) is 5.46. The van der Waals surface area contributed by atoms with E-state index in [2.05, 4.69) is 0 Å². The molecule has 1 aromatic carbocycles. The molecule has 3 rings (SSSR count). The van der Waals surface area contributed by atoms with E-state index in [1.807, 2.05) is 0 Å². The zero-order valence-corrected chi connectivity index (χ0v) is 14.0. The van der Waals surface area contributed by atoms with E-state index in [4.69, 9.17) is 5.73 Å². The number of sulfonamides is 1. The van der Waals surface area contributed by atoms with Crippen molar-refractivity contribution < 1.29 is 8.42 Å². The van der Waals surface area contributed by atoms with Gasteiger partial charge < -0.3 is 5.73 Å². The maximum atomic E-state index is 12.6. The van der Waals surface area contributed by atoms with Crippen molar-refractivity contribution in [3.8, 4) is 0 Å². The standard InChI is InChI=1S/C13H18N4O3S.ClH/c1-15-11-4-3-10(7-12(11)16(2)13(15)18)21(19,20)17-6-5-9(14)8-17;/h3-4,7,9H,5-6,8,14H2,1-2H3;1H/t9-;/m1./s1. The molecule has 7 nitrogen and oxygen atoms in total. The summed E-state index contributed by atoms with van der Waals surface area (Å²) in [6, 6.07) is 4.65. The molecule has 2 heterocycles. The van der Waals surface area contributed by atoms with Gasteiger partial charge in [0.25, 0.3) is 0 Å². The van der Waals surface area contributed by atoms with Crippen molar-refractivity contribution >= 4 is 33.5 Å². The minimum Gasteiger partial charge on any atom is -0.326 e. The number of rotatable bonds is 2. The fraction of sp³-hybridized carbons (Fsp3) is 0.462. The third kappa shape index (κ3) is 2.45. The summed E-state index contributed by atoms with van der Waals surface area (Å²) in [4.78, 5) is 12.1. The molecule has 2 aromatic rings. The van der Waals surface area contributed by atoms with Crippen LogP contribution in [0.5, 0.6) is 0 Å². The Morgan fingerprint density at radius 2 is 1.82 bits per heavy atom. The highest BCUT2D eigenvalue weighted by Crippen LogP contribution is 2.23. The SMILES string of the molecule is Cl.Cn1c(=O)n(C)c2cc(S(=O)(=O)N3CC[C@@H](N)C3)ccc21. The summed E-state index contributed by atoms with van der Waals surface area (Å²) >= 11 is 0. The van der Waals surface area contributed by atoms with Crippen LogP contribution in [0.4, 0.5) is 0 Å². The molecular weight excluding hydrogens is 328 g/mol. The number of imidazole rings is 1. The summed E-state index contributed by atoms with van der Waals surface area (Å²) in [6.07, 6.45) is 0.672. The van der Waals surface area contributed by atoms with Gasteiger partial charge in [0.1, 0.15) is 0 Å². The van der Waals surface area contributed by atoms with E-state index in [1.54, 1.807) is 32.3 Å². The first-order chi connectivity index (χ1) is 9.82. The van der Waals surface area contributed by atoms with Crippen LogP contribution in [0.1, 0.15) is 6.42 Å². The monoisotopic (exact) mass is 346 g/mol. The van der Waals surface area contributed by atoms with Crippen molar-refractivity contribution in [3.63, 3.8) is 0 Å². The van der Waals surface area contributed by atoms with Crippen LogP contribution in [-0.4, -0.2) is 41.0 Å². The van der Waals surface area contributed by atoms with Crippen molar-refractivity contribution in [1.29, 1.82) is 0 Å². The molecule has 0 aliphatic carbocycles. The van der Waals surface area contributed by atoms with Gasteiger partial charge in [0, 0.05) is 33.2 Å². The quantitative estimate of drug-likeness (QED) is 0.830. The maximum absolute atomic E-state index is 12.6. The van der Waals surface area contributed by atoms with Crippen LogP contribution in [-0.2, 0) is 24.1 Å². The van der Waals surface area contributed by atoms with Gasteiger partial charge >= 0.3 is 5.69 Å². The van der Waals surface area contributed by atoms with Gasteiger partial charge in [0.15, 0.2) is 0 Å². The Kier molecular flexibility index (Phi) is 4.40. The zero-order chi connectivity index (χ0) is 15.4. The molecule has 0 amide bonds. The molecule has 0 radical (unpaired) electrons. The normalized spacial score (nSPS) is 19.5. The molecule has 1 atom stereocenters. The van der Waals surface area contributed by atoms with E-state index in [0.29, 0.717) is 30.5 Å². The molecule has 2 N–H and O–H groups in total. The van der Waals surface area contributed by atoms with Crippen molar-refractivity contribution in [2.75, 3.05) is 13.1 Å². The molecule has 0 saturated carbocycles. The van der Waals surface area contributed by atoms with Crippen LogP contribution in [0.3, 0.4) is 0 Å². The van der Waals surface area contributed by atoms with E-state index >= 15 is 0 Å². The van der Waals surface area contributed by atoms with Gasteiger partial charge in [-0.25, -0.2) is 13.2 Å². The Bertz CT molecular complexity index is 871. The summed E-state index contributed by atoms with van der Waals surface area (Å²) in [5.41, 5.74) is 6.92. The van der Waals surface area contributed by atoms with Gasteiger partial charge in [-0.1, -0.05) is 0 Å². The van der Waals surface area contributed by atoms with Crippen LogP contribution in [0.25, 0.3) is 11.0 Å². The predicted octanol–water partition coefficient (Wildman–Crippen LogP) is 0.0205. The average Bonchev–Trinajstić information content (AvgIpc) is 2.98. The second-order valence-corrected chi connectivity index (χ2v) is 7.40. The van der Waals surface area contributed by atoms with Crippen LogP contribution >= 0.6 is 12.4 Å². The number of aryl methyl sites for hydroxylation is 2. The second kappa shape index (κ2) is 5.69. The number of aromatic nitrogens is 2. The highest BCUT2D eigenvalue weighted by atomic mass is 35.5. The summed E-state index contributed by atoms with van der Waals surface area (Å²) in [5, 5.41) is 0. The maximum Gasteiger partial charge on any atom is 0.328 e. The lowest BCUT2D eigenvalue weighted by molar-refractivity contribution is 0.472. The number of nitrogens with zero attached hydrogens (tertiary/aromatic N) is 3. The molecule has 1 aromatic heterocycles. The smallest absolute Gasteiger partial charge is 0.326 e. The minimum absolute atomic E-state index is 0. The van der Waals surface area contributed by atoms with E-state index < -0.39 is 10.0 Å². The van der Waals surface area contributed by atoms with E-state index in [0.717, 1.165) is 0 Å². The molecule has 9 heteroatoms. The summed E-state index contributed by atoms with van der Waals surface area (Å²) < 4.78 is 29.6. The number of hydrogen-bond acceptors (Lipinski definition) is 4. The Balaban J connectivity index is 0.00000176. The molecule has 122 valence electrons. The molecular formula is C13H19ClN4O3S. The van der Waals surface area contributed by atoms with Crippen molar-refractivity contribution in [3.05, 3.63) is 28.7 Å². The van der Waals surface area contributed by atoms with Gasteiger partial charge in [-0.3, -0.25) is 9.13 Å². The molecule has 1 aliphatic heterocycles. The lowest BCUT2D eigenvalue weighted by Crippen LogP contribution is -2.31. The Hall–Kier alpha value is -1.35. The van der Waals surface area contributed by atoms with Gasteiger partial charge in [-0.2, -0.15) is 4.31 Å². The summed E-state index contributed by atoms with van der Waals surface area (Å²) in [6.45, 7) is 0.781. The topological polar surface area (TPSA) is 90.3 Å². The van der Waals surface area contributed by atoms with Crippen molar-refractivity contribution in [2.24, 2.45) is 19.8 Å². The third-order valence-electron chi connectivity index (χ3n) is 4.07. The van der Waals surface area contributed by atoms with Crippen molar-refractivity contribution in [1.82, 2.24) is 13.4 Å². The fourth-order valence-corrected chi connectivity index (χ4v) is 4.30. The molecule has 1 fully saturated rings. The van der Waals surface area contributed by atoms with Gasteiger partial charge in [0.05, 0.1) is 15.9 Å². The summed E-state index contributed by atoms with van der Waals surface area (Å²) in [7, 11) is -0.258. The Morgan fingerprint density at radius 1 is 1.18 bits per heavy atom. The number of fused-ring (bicyclic) bond motifs is 1. The highest BCUT2D eigenvalue weighted by molar-refractivity contribution is 7.89. The molecule has 0 spiro atoms. The average molecular weight is 347 g/mol. The van der Waals surface area contributed by atoms with Crippen LogP contribution in [0.2, 0.25) is 0 Å². The van der Waals surface area contributed by atoms with E-state index in [9.17, 15) is 13.2 Å². The first-order valence-electron chi connectivity index (χ1n) is 6.73. The van der Waals surface area contributed by atoms with E-state index in [1.165, 1.54) is 13.4 Å². The molecule has 22 heavy (non-hydrogen) atoms. The lowest BCUT2D eigenvalue weighted by Gasteiger charge is -2.16. The van der Waals surface area contributed by atoms with Crippen LogP contribution in [0, 0.1) is 0 Å². The fourth-order valence-electron chi connectivity index (χ4n) is 2.77. The third-order valence-corrected chi connectivity index (χ3v) is 5.93. The van der Waals surface area contributed by atoms with Crippen LogP contribution < -0.4 is 11.4 Å². The molecule has 0 unspecified atom stereocenters. The highest BCUT2D eigenvalue weighted by Gasteiger charge is 2.31. The van der Waals surface area contributed by atoms with E-state index in [-0.39, 0.29) is 29.0 Å². The largest absolute Gasteiger partial charge is 0.328 e. The van der Waals surface area contributed by atoms with Gasteiger partial charge in [-0.05, 0) is 24.6 Å². The van der Waals surface area contributed by atoms with Crippen molar-refractivity contribution in [2.45, 2.75) is 17.4 Å². The molecule has 0 bridgehead atoms. The first kappa shape index (κ1) is 17.0. The number of benzene rings is 1. The Morgan fingerprint density at radius 3 is 2.41 bits per heavy atom. The predicted molar refractivity (Wildman–Crippen MR) is 86.8 cm³/mol. The first-order valence-corrected chi connectivity index (χ1v) is 8.17. The van der Waals surface area contributed by atoms with Crippen LogP contribution in [0.15, 0.2) is 27.9 Å². The molecule has 1 saturated heterocycles. The number of hydrogen-bond donors (Lipinski definition) is 1. The number of halogens is 1. The zero-order valence-electron chi connectivity index (χ0n) is 12.4. The molecule has 1 aliphatic rings.